The van der Waals surface area contributed by atoms with Crippen LogP contribution in [0.15, 0.2) is 18.2 Å². The molecule has 0 radical (unpaired) electrons. The summed E-state index contributed by atoms with van der Waals surface area (Å²) >= 11 is 0. The quantitative estimate of drug-likeness (QED) is 0.673. The predicted octanol–water partition coefficient (Wildman–Crippen LogP) is 3.44. The Bertz CT molecular complexity index is 932. The number of nitrogens with one attached hydrogen (secondary N) is 1. The number of hydrogen-bond donors (Lipinski definition) is 1. The number of likely N-dealkylation sites (N-methyl/N-ethyl adjacent to an activating group) is 1. The van der Waals surface area contributed by atoms with Crippen molar-refractivity contribution in [3.05, 3.63) is 23.8 Å². The number of hydrogen-bond acceptors (Lipinski definition) is 6. The molecule has 1 fully saturated rings. The Hall–Kier alpha value is -1.84. The van der Waals surface area contributed by atoms with E-state index in [-0.39, 0.29) is 24.0 Å². The van der Waals surface area contributed by atoms with E-state index in [0.717, 1.165) is 19.3 Å². The number of methoxy groups -OCH3 is 1. The van der Waals surface area contributed by atoms with Gasteiger partial charge in [0.15, 0.2) is 0 Å². The van der Waals surface area contributed by atoms with Crippen molar-refractivity contribution in [2.45, 2.75) is 58.1 Å². The maximum atomic E-state index is 13.3. The highest BCUT2D eigenvalue weighted by Crippen LogP contribution is 2.29. The van der Waals surface area contributed by atoms with Crippen LogP contribution in [-0.2, 0) is 14.8 Å². The third-order valence-electron chi connectivity index (χ3n) is 7.09. The van der Waals surface area contributed by atoms with Crippen LogP contribution in [0.1, 0.15) is 56.3 Å². The average Bonchev–Trinajstić information content (AvgIpc) is 2.79. The average molecular weight is 496 g/mol. The van der Waals surface area contributed by atoms with Gasteiger partial charge in [-0.15, -0.1) is 0 Å². The smallest absolute Gasteiger partial charge is 0.257 e. The molecule has 0 saturated heterocycles. The van der Waals surface area contributed by atoms with E-state index in [1.807, 2.05) is 0 Å². The van der Waals surface area contributed by atoms with Gasteiger partial charge in [0.05, 0.1) is 17.9 Å². The summed E-state index contributed by atoms with van der Waals surface area (Å²) < 4.78 is 37.9. The normalized spacial score (nSPS) is 26.2. The lowest BCUT2D eigenvalue weighted by molar-refractivity contribution is 0.00690. The fourth-order valence-corrected chi connectivity index (χ4v) is 5.64. The fourth-order valence-electron chi connectivity index (χ4n) is 5.08. The third-order valence-corrected chi connectivity index (χ3v) is 7.70. The number of sulfonamides is 1. The van der Waals surface area contributed by atoms with Gasteiger partial charge in [0.25, 0.3) is 5.91 Å². The van der Waals surface area contributed by atoms with Crippen molar-refractivity contribution in [1.29, 1.82) is 0 Å². The molecule has 3 atom stereocenters. The van der Waals surface area contributed by atoms with Gasteiger partial charge in [-0.3, -0.25) is 14.4 Å². The summed E-state index contributed by atoms with van der Waals surface area (Å²) in [4.78, 5) is 17.5. The summed E-state index contributed by atoms with van der Waals surface area (Å²) in [6.07, 6.45) is 7.49. The summed E-state index contributed by atoms with van der Waals surface area (Å²) in [5.74, 6) is 1.17. The van der Waals surface area contributed by atoms with Crippen molar-refractivity contribution in [3.8, 4) is 5.75 Å². The zero-order chi connectivity index (χ0) is 24.9. The Kier molecular flexibility index (Phi) is 9.23. The van der Waals surface area contributed by atoms with E-state index < -0.39 is 10.0 Å². The largest absolute Gasteiger partial charge is 0.491 e. The molecule has 0 unspecified atom stereocenters. The Labute approximate surface area is 205 Å². The van der Waals surface area contributed by atoms with Crippen LogP contribution in [0.4, 0.5) is 5.69 Å². The number of carbonyl (C=O) groups is 1. The van der Waals surface area contributed by atoms with Gasteiger partial charge in [0.1, 0.15) is 12.4 Å². The molecule has 34 heavy (non-hydrogen) atoms. The standard InChI is InChI=1S/C25H41N3O5S/c1-18-14-28(15-20-9-7-6-8-10-20)19(2)17-33-23-12-11-21(26-34(5,30)31)13-22(23)25(29)27(3)16-24(18)32-4/h11-13,18-20,24,26H,6-10,14-17H2,1-5H3/t18-,19-,24+/m1/s1. The number of benzene rings is 1. The molecule has 1 amide bonds. The lowest BCUT2D eigenvalue weighted by atomic mass is 9.88. The van der Waals surface area contributed by atoms with Gasteiger partial charge in [0.2, 0.25) is 10.0 Å². The molecule has 1 heterocycles. The second-order valence-corrected chi connectivity index (χ2v) is 11.9. The number of nitrogens with zero attached hydrogens (tertiary/aromatic N) is 2. The number of fused-ring (bicyclic) bond motifs is 1. The van der Waals surface area contributed by atoms with E-state index in [1.54, 1.807) is 37.3 Å². The van der Waals surface area contributed by atoms with Crippen LogP contribution in [-0.4, -0.2) is 82.9 Å². The van der Waals surface area contributed by atoms with Crippen LogP contribution in [0.2, 0.25) is 0 Å². The van der Waals surface area contributed by atoms with E-state index >= 15 is 0 Å². The molecule has 0 bridgehead atoms. The third kappa shape index (κ3) is 7.33. The molecule has 0 spiro atoms. The number of rotatable bonds is 5. The topological polar surface area (TPSA) is 88.2 Å². The highest BCUT2D eigenvalue weighted by molar-refractivity contribution is 7.92. The number of ether oxygens (including phenoxy) is 2. The summed E-state index contributed by atoms with van der Waals surface area (Å²) in [5.41, 5.74) is 0.674. The molecule has 2 aliphatic rings. The summed E-state index contributed by atoms with van der Waals surface area (Å²) in [7, 11) is -0.0218. The summed E-state index contributed by atoms with van der Waals surface area (Å²) in [5, 5.41) is 0. The fraction of sp³-hybridized carbons (Fsp3) is 0.720. The van der Waals surface area contributed by atoms with E-state index in [2.05, 4.69) is 23.5 Å². The first-order chi connectivity index (χ1) is 16.1. The van der Waals surface area contributed by atoms with Crippen LogP contribution < -0.4 is 9.46 Å². The molecular weight excluding hydrogens is 454 g/mol. The Morgan fingerprint density at radius 1 is 1.15 bits per heavy atom. The predicted molar refractivity (Wildman–Crippen MR) is 135 cm³/mol. The minimum atomic E-state index is -3.47. The SMILES string of the molecule is CO[C@H]1CN(C)C(=O)c2cc(NS(C)(=O)=O)ccc2OC[C@@H](C)N(CC2CCCCC2)C[C@H]1C. The molecule has 1 aromatic rings. The second kappa shape index (κ2) is 11.7. The van der Waals surface area contributed by atoms with Crippen molar-refractivity contribution < 1.29 is 22.7 Å². The molecule has 1 aliphatic carbocycles. The maximum absolute atomic E-state index is 13.3. The van der Waals surface area contributed by atoms with Crippen LogP contribution in [0.3, 0.4) is 0 Å². The lowest BCUT2D eigenvalue weighted by Crippen LogP contribution is -2.48. The Morgan fingerprint density at radius 3 is 2.50 bits per heavy atom. The molecule has 3 rings (SSSR count). The highest BCUT2D eigenvalue weighted by Gasteiger charge is 2.30. The van der Waals surface area contributed by atoms with Gasteiger partial charge in [-0.05, 0) is 49.8 Å². The second-order valence-electron chi connectivity index (χ2n) is 10.1. The Morgan fingerprint density at radius 2 is 1.85 bits per heavy atom. The van der Waals surface area contributed by atoms with Crippen LogP contribution >= 0.6 is 0 Å². The zero-order valence-corrected chi connectivity index (χ0v) is 22.1. The lowest BCUT2D eigenvalue weighted by Gasteiger charge is -2.38. The first kappa shape index (κ1) is 26.8. The van der Waals surface area contributed by atoms with Crippen molar-refractivity contribution in [2.24, 2.45) is 11.8 Å². The van der Waals surface area contributed by atoms with Gasteiger partial charge < -0.3 is 14.4 Å². The molecule has 192 valence electrons. The summed E-state index contributed by atoms with van der Waals surface area (Å²) in [6.45, 7) is 7.17. The van der Waals surface area contributed by atoms with Gasteiger partial charge in [-0.2, -0.15) is 0 Å². The number of carbonyl (C=O) groups excluding carboxylic acids is 1. The molecule has 1 aromatic carbocycles. The first-order valence-corrected chi connectivity index (χ1v) is 14.2. The van der Waals surface area contributed by atoms with Gasteiger partial charge >= 0.3 is 0 Å². The van der Waals surface area contributed by atoms with Crippen molar-refractivity contribution in [3.63, 3.8) is 0 Å². The molecular formula is C25H41N3O5S. The van der Waals surface area contributed by atoms with Crippen molar-refractivity contribution in [2.75, 3.05) is 51.4 Å². The van der Waals surface area contributed by atoms with Gasteiger partial charge in [-0.1, -0.05) is 26.2 Å². The van der Waals surface area contributed by atoms with Crippen LogP contribution in [0.5, 0.6) is 5.75 Å². The van der Waals surface area contributed by atoms with Crippen molar-refractivity contribution in [1.82, 2.24) is 9.80 Å². The Balaban J connectivity index is 1.91. The monoisotopic (exact) mass is 495 g/mol. The molecule has 9 heteroatoms. The minimum absolute atomic E-state index is 0.115. The number of amides is 1. The van der Waals surface area contributed by atoms with Gasteiger partial charge in [-0.25, -0.2) is 8.42 Å². The zero-order valence-electron chi connectivity index (χ0n) is 21.2. The molecule has 1 saturated carbocycles. The van der Waals surface area contributed by atoms with E-state index in [1.165, 1.54) is 32.1 Å². The number of anilines is 1. The van der Waals surface area contributed by atoms with E-state index in [4.69, 9.17) is 9.47 Å². The van der Waals surface area contributed by atoms with Crippen molar-refractivity contribution >= 4 is 21.6 Å². The molecule has 1 aliphatic heterocycles. The molecule has 0 aromatic heterocycles. The van der Waals surface area contributed by atoms with E-state index in [9.17, 15) is 13.2 Å². The highest BCUT2D eigenvalue weighted by atomic mass is 32.2. The van der Waals surface area contributed by atoms with Crippen LogP contribution in [0, 0.1) is 11.8 Å². The first-order valence-electron chi connectivity index (χ1n) is 12.3. The van der Waals surface area contributed by atoms with Crippen LogP contribution in [0.25, 0.3) is 0 Å². The van der Waals surface area contributed by atoms with Gasteiger partial charge in [0, 0.05) is 45.5 Å². The summed E-state index contributed by atoms with van der Waals surface area (Å²) in [6, 6.07) is 5.02. The molecule has 8 nitrogen and oxygen atoms in total. The molecule has 1 N–H and O–H groups in total. The maximum Gasteiger partial charge on any atom is 0.257 e. The minimum Gasteiger partial charge on any atom is -0.491 e. The van der Waals surface area contributed by atoms with E-state index in [0.29, 0.717) is 36.1 Å².